The van der Waals surface area contributed by atoms with Crippen molar-refractivity contribution in [2.45, 2.75) is 6.43 Å². The molecule has 0 bridgehead atoms. The number of rotatable bonds is 2. The zero-order valence-corrected chi connectivity index (χ0v) is 9.40. The van der Waals surface area contributed by atoms with Crippen molar-refractivity contribution in [3.05, 3.63) is 31.2 Å². The van der Waals surface area contributed by atoms with Gasteiger partial charge in [-0.15, -0.1) is 0 Å². The maximum atomic E-state index is 12.4. The summed E-state index contributed by atoms with van der Waals surface area (Å²) >= 11 is 6.62. The number of halogens is 4. The highest BCUT2D eigenvalue weighted by atomic mass is 127. The van der Waals surface area contributed by atoms with Gasteiger partial charge in [-0.05, 0) is 34.2 Å². The molecule has 0 aromatic carbocycles. The van der Waals surface area contributed by atoms with E-state index in [1.54, 1.807) is 0 Å². The van der Waals surface area contributed by atoms with Gasteiger partial charge in [0.05, 0.1) is 11.1 Å². The molecule has 0 aliphatic carbocycles. The number of aromatic amines is 1. The lowest BCUT2D eigenvalue weighted by Crippen LogP contribution is -2.17. The normalized spacial score (nSPS) is 10.6. The molecule has 1 aromatic heterocycles. The quantitative estimate of drug-likeness (QED) is 0.667. The summed E-state index contributed by atoms with van der Waals surface area (Å²) in [4.78, 5) is 23.7. The Labute approximate surface area is 95.6 Å². The topological polar surface area (TPSA) is 49.9 Å². The fraction of sp³-hybridized carbons (Fsp3) is 0.143. The van der Waals surface area contributed by atoms with Crippen molar-refractivity contribution >= 4 is 39.4 Å². The highest BCUT2D eigenvalue weighted by molar-refractivity contribution is 14.1. The summed E-state index contributed by atoms with van der Waals surface area (Å²) in [5.74, 6) is 0. The van der Waals surface area contributed by atoms with E-state index in [0.717, 1.165) is 6.20 Å². The lowest BCUT2D eigenvalue weighted by atomic mass is 10.2. The average molecular weight is 333 g/mol. The van der Waals surface area contributed by atoms with E-state index in [1.165, 1.54) is 22.6 Å². The second-order valence-corrected chi connectivity index (χ2v) is 3.76. The van der Waals surface area contributed by atoms with E-state index in [0.29, 0.717) is 0 Å². The Balaban J connectivity index is 3.49. The molecule has 0 spiro atoms. The molecule has 0 unspecified atom stereocenters. The number of alkyl halides is 2. The number of nitrogens with one attached hydrogen (secondary N) is 1. The lowest BCUT2D eigenvalue weighted by molar-refractivity contribution is 0.107. The molecule has 3 nitrogen and oxygen atoms in total. The number of carbonyl (C=O) groups is 1. The monoisotopic (exact) mass is 333 g/mol. The maximum Gasteiger partial charge on any atom is 0.270 e. The number of carbonyl (C=O) groups excluding carboxylic acids is 1. The van der Waals surface area contributed by atoms with Gasteiger partial charge in [-0.3, -0.25) is 9.59 Å². The highest BCUT2D eigenvalue weighted by Crippen LogP contribution is 2.23. The highest BCUT2D eigenvalue weighted by Gasteiger charge is 2.21. The molecule has 7 heteroatoms. The average Bonchev–Trinajstić information content (AvgIpc) is 2.02. The molecule has 76 valence electrons. The van der Waals surface area contributed by atoms with Crippen LogP contribution < -0.4 is 5.56 Å². The second kappa shape index (κ2) is 4.35. The zero-order valence-electron chi connectivity index (χ0n) is 6.48. The molecule has 1 aromatic rings. The predicted octanol–water partition coefficient (Wildman–Crippen LogP) is 2.30. The summed E-state index contributed by atoms with van der Waals surface area (Å²) < 4.78 is 24.6. The maximum absolute atomic E-state index is 12.4. The zero-order chi connectivity index (χ0) is 10.9. The molecule has 1 rings (SSSR count). The van der Waals surface area contributed by atoms with E-state index in [9.17, 15) is 18.4 Å². The molecule has 0 saturated heterocycles. The molecular weight excluding hydrogens is 330 g/mol. The van der Waals surface area contributed by atoms with Gasteiger partial charge in [0.25, 0.3) is 17.2 Å². The van der Waals surface area contributed by atoms with Crippen LogP contribution in [0.3, 0.4) is 0 Å². The van der Waals surface area contributed by atoms with Gasteiger partial charge in [0, 0.05) is 9.77 Å². The summed E-state index contributed by atoms with van der Waals surface area (Å²) in [5.41, 5.74) is -1.76. The first kappa shape index (κ1) is 11.6. The van der Waals surface area contributed by atoms with Crippen LogP contribution in [0.25, 0.3) is 0 Å². The van der Waals surface area contributed by atoms with Crippen molar-refractivity contribution in [3.63, 3.8) is 0 Å². The molecular formula is C7H3ClF2INO2. The fourth-order valence-electron chi connectivity index (χ4n) is 0.862. The second-order valence-electron chi connectivity index (χ2n) is 2.33. The van der Waals surface area contributed by atoms with E-state index >= 15 is 0 Å². The van der Waals surface area contributed by atoms with E-state index in [4.69, 9.17) is 11.6 Å². The Hall–Kier alpha value is -0.500. The minimum atomic E-state index is -2.93. The van der Waals surface area contributed by atoms with E-state index < -0.39 is 22.8 Å². The molecule has 0 aliphatic heterocycles. The van der Waals surface area contributed by atoms with Gasteiger partial charge in [0.15, 0.2) is 0 Å². The Bertz CT molecular complexity index is 432. The van der Waals surface area contributed by atoms with Gasteiger partial charge in [-0.2, -0.15) is 0 Å². The van der Waals surface area contributed by atoms with Crippen LogP contribution in [-0.4, -0.2) is 10.2 Å². The molecule has 0 aliphatic rings. The van der Waals surface area contributed by atoms with Crippen LogP contribution in [0.15, 0.2) is 11.0 Å². The van der Waals surface area contributed by atoms with Crippen LogP contribution in [0, 0.1) is 3.57 Å². The Morgan fingerprint density at radius 2 is 2.14 bits per heavy atom. The molecule has 1 N–H and O–H groups in total. The fourth-order valence-corrected chi connectivity index (χ4v) is 2.05. The number of aromatic nitrogens is 1. The van der Waals surface area contributed by atoms with Crippen molar-refractivity contribution in [1.29, 1.82) is 0 Å². The van der Waals surface area contributed by atoms with Gasteiger partial charge in [0.2, 0.25) is 0 Å². The first-order chi connectivity index (χ1) is 6.45. The smallest absolute Gasteiger partial charge is 0.270 e. The first-order valence-corrected chi connectivity index (χ1v) is 4.80. The number of hydrogen-bond donors (Lipinski definition) is 1. The summed E-state index contributed by atoms with van der Waals surface area (Å²) in [6.45, 7) is 0. The minimum absolute atomic E-state index is 0.110. The molecule has 0 atom stereocenters. The molecule has 1 heterocycles. The Morgan fingerprint density at radius 1 is 1.57 bits per heavy atom. The largest absolute Gasteiger partial charge is 0.328 e. The van der Waals surface area contributed by atoms with Crippen LogP contribution in [-0.2, 0) is 0 Å². The van der Waals surface area contributed by atoms with Gasteiger partial charge in [0.1, 0.15) is 0 Å². The number of pyridine rings is 1. The molecule has 0 fully saturated rings. The van der Waals surface area contributed by atoms with E-state index in [1.807, 2.05) is 4.98 Å². The van der Waals surface area contributed by atoms with E-state index in [-0.39, 0.29) is 9.13 Å². The van der Waals surface area contributed by atoms with Crippen molar-refractivity contribution in [1.82, 2.24) is 4.98 Å². The van der Waals surface area contributed by atoms with Crippen molar-refractivity contribution in [2.24, 2.45) is 0 Å². The minimum Gasteiger partial charge on any atom is -0.328 e. The lowest BCUT2D eigenvalue weighted by Gasteiger charge is -2.04. The van der Waals surface area contributed by atoms with Gasteiger partial charge in [-0.25, -0.2) is 8.78 Å². The molecule has 0 amide bonds. The Kier molecular flexibility index (Phi) is 3.59. The molecule has 0 radical (unpaired) electrons. The van der Waals surface area contributed by atoms with Crippen molar-refractivity contribution in [2.75, 3.05) is 0 Å². The third kappa shape index (κ3) is 2.11. The molecule has 14 heavy (non-hydrogen) atoms. The van der Waals surface area contributed by atoms with Crippen molar-refractivity contribution < 1.29 is 13.6 Å². The SMILES string of the molecule is O=C(Cl)c1c[nH]c(=O)c(C(F)F)c1I. The summed E-state index contributed by atoms with van der Waals surface area (Å²) in [6, 6.07) is 0. The van der Waals surface area contributed by atoms with Crippen LogP contribution >= 0.6 is 34.2 Å². The standard InChI is InChI=1S/C7H3ClF2INO2/c8-5(13)2-1-12-7(14)3(4(2)11)6(9)10/h1,6H,(H,12,14). The molecule has 0 saturated carbocycles. The third-order valence-corrected chi connectivity index (χ3v) is 2.86. The van der Waals surface area contributed by atoms with Gasteiger partial charge in [-0.1, -0.05) is 0 Å². The van der Waals surface area contributed by atoms with Crippen molar-refractivity contribution in [3.8, 4) is 0 Å². The first-order valence-electron chi connectivity index (χ1n) is 3.34. The van der Waals surface area contributed by atoms with Crippen LogP contribution in [0.5, 0.6) is 0 Å². The van der Waals surface area contributed by atoms with Crippen LogP contribution in [0.1, 0.15) is 22.3 Å². The van der Waals surface area contributed by atoms with E-state index in [2.05, 4.69) is 0 Å². The summed E-state index contributed by atoms with van der Waals surface area (Å²) in [6.07, 6.45) is -1.91. The summed E-state index contributed by atoms with van der Waals surface area (Å²) in [5, 5.41) is -0.882. The van der Waals surface area contributed by atoms with Gasteiger partial charge >= 0.3 is 0 Å². The number of hydrogen-bond acceptors (Lipinski definition) is 2. The van der Waals surface area contributed by atoms with Crippen LogP contribution in [0.4, 0.5) is 8.78 Å². The van der Waals surface area contributed by atoms with Crippen LogP contribution in [0.2, 0.25) is 0 Å². The van der Waals surface area contributed by atoms with Gasteiger partial charge < -0.3 is 4.98 Å². The predicted molar refractivity (Wildman–Crippen MR) is 54.9 cm³/mol. The summed E-state index contributed by atoms with van der Waals surface area (Å²) in [7, 11) is 0. The number of H-pyrrole nitrogens is 1. The Morgan fingerprint density at radius 3 is 2.57 bits per heavy atom. The third-order valence-electron chi connectivity index (χ3n) is 1.50.